The molecule has 186 valence electrons. The number of nitrogens with zero attached hydrogens (tertiary/aromatic N) is 5. The van der Waals surface area contributed by atoms with Crippen molar-refractivity contribution >= 4 is 50.3 Å². The average molecular weight is 529 g/mol. The highest BCUT2D eigenvalue weighted by atomic mass is 35.5. The van der Waals surface area contributed by atoms with Gasteiger partial charge in [-0.3, -0.25) is 18.5 Å². The van der Waals surface area contributed by atoms with Crippen LogP contribution in [0.5, 0.6) is 0 Å². The Hall–Kier alpha value is -1.99. The maximum absolute atomic E-state index is 13.4. The first-order chi connectivity index (χ1) is 16.2. The maximum Gasteiger partial charge on any atom is 0.246 e. The molecule has 34 heavy (non-hydrogen) atoms. The molecule has 13 heteroatoms. The zero-order chi connectivity index (χ0) is 24.3. The lowest BCUT2D eigenvalue weighted by atomic mass is 10.1. The fraction of sp³-hybridized carbons (Fsp3) is 0.571. The first-order valence-corrected chi connectivity index (χ1v) is 14.2. The van der Waals surface area contributed by atoms with Crippen LogP contribution in [0.15, 0.2) is 18.5 Å². The zero-order valence-electron chi connectivity index (χ0n) is 19.0. The first kappa shape index (κ1) is 25.1. The molecular weight excluding hydrogens is 500 g/mol. The van der Waals surface area contributed by atoms with Crippen LogP contribution < -0.4 is 4.72 Å². The lowest BCUT2D eigenvalue weighted by Gasteiger charge is -2.34. The van der Waals surface area contributed by atoms with E-state index in [0.717, 1.165) is 4.88 Å². The molecule has 0 radical (unpaired) electrons. The number of ether oxygens (including phenoxy) is 1. The van der Waals surface area contributed by atoms with Crippen LogP contribution in [0.3, 0.4) is 0 Å². The number of nitrogens with one attached hydrogen (secondary N) is 1. The van der Waals surface area contributed by atoms with Crippen molar-refractivity contribution in [2.45, 2.75) is 31.3 Å². The summed E-state index contributed by atoms with van der Waals surface area (Å²) in [6, 6.07) is 2.32. The van der Waals surface area contributed by atoms with Crippen LogP contribution in [0.1, 0.15) is 17.1 Å². The molecule has 10 nitrogen and oxygen atoms in total. The van der Waals surface area contributed by atoms with Gasteiger partial charge < -0.3 is 14.5 Å². The number of amides is 2. The van der Waals surface area contributed by atoms with Gasteiger partial charge in [-0.25, -0.2) is 9.71 Å². The average Bonchev–Trinajstić information content (AvgIpc) is 3.52. The number of aryl methyl sites for hydroxylation is 2. The highest BCUT2D eigenvalue weighted by Gasteiger charge is 2.41. The largest absolute Gasteiger partial charge is 0.378 e. The molecule has 2 aliphatic heterocycles. The van der Waals surface area contributed by atoms with E-state index in [1.54, 1.807) is 33.9 Å². The van der Waals surface area contributed by atoms with Crippen LogP contribution in [0.25, 0.3) is 0 Å². The van der Waals surface area contributed by atoms with Crippen molar-refractivity contribution in [2.75, 3.05) is 38.6 Å². The van der Waals surface area contributed by atoms with Gasteiger partial charge in [0.25, 0.3) is 0 Å². The third kappa shape index (κ3) is 6.16. The van der Waals surface area contributed by atoms with E-state index in [0.29, 0.717) is 61.6 Å². The van der Waals surface area contributed by atoms with Crippen LogP contribution >= 0.6 is 22.9 Å². The summed E-state index contributed by atoms with van der Waals surface area (Å²) < 4.78 is 23.7. The van der Waals surface area contributed by atoms with Crippen molar-refractivity contribution in [2.24, 2.45) is 7.05 Å². The zero-order valence-corrected chi connectivity index (χ0v) is 21.4. The van der Waals surface area contributed by atoms with Crippen molar-refractivity contribution in [3.63, 3.8) is 0 Å². The summed E-state index contributed by atoms with van der Waals surface area (Å²) in [6.07, 6.45) is 2.79. The summed E-state index contributed by atoms with van der Waals surface area (Å²) in [6.45, 7) is 2.28. The Kier molecular flexibility index (Phi) is 7.93. The van der Waals surface area contributed by atoms with E-state index in [2.05, 4.69) is 20.7 Å². The van der Waals surface area contributed by atoms with E-state index in [4.69, 9.17) is 16.3 Å². The topological polar surface area (TPSA) is 110 Å². The van der Waals surface area contributed by atoms with Crippen molar-refractivity contribution in [3.05, 3.63) is 33.5 Å². The van der Waals surface area contributed by atoms with Crippen molar-refractivity contribution in [3.8, 4) is 0 Å². The second-order valence-corrected chi connectivity index (χ2v) is 12.5. The third-order valence-electron chi connectivity index (χ3n) is 5.91. The van der Waals surface area contributed by atoms with E-state index in [-0.39, 0.29) is 18.2 Å². The van der Waals surface area contributed by atoms with Gasteiger partial charge in [-0.15, -0.1) is 11.3 Å². The van der Waals surface area contributed by atoms with Crippen LogP contribution in [0, 0.1) is 0 Å². The fourth-order valence-corrected chi connectivity index (χ4v) is 6.79. The summed E-state index contributed by atoms with van der Waals surface area (Å²) in [4.78, 5) is 35.3. The summed E-state index contributed by atoms with van der Waals surface area (Å²) >= 11 is 7.41. The Morgan fingerprint density at radius 1 is 1.38 bits per heavy atom. The molecule has 0 spiro atoms. The van der Waals surface area contributed by atoms with Gasteiger partial charge in [-0.1, -0.05) is 11.6 Å². The van der Waals surface area contributed by atoms with E-state index in [9.17, 15) is 13.8 Å². The predicted octanol–water partition coefficient (Wildman–Crippen LogP) is 0.365. The normalized spacial score (nSPS) is 21.6. The molecule has 1 N–H and O–H groups in total. The van der Waals surface area contributed by atoms with Crippen LogP contribution in [-0.4, -0.2) is 97.1 Å². The lowest BCUT2D eigenvalue weighted by molar-refractivity contribution is -0.146. The van der Waals surface area contributed by atoms with E-state index < -0.39 is 21.8 Å². The molecule has 2 fully saturated rings. The Morgan fingerprint density at radius 2 is 2.15 bits per heavy atom. The van der Waals surface area contributed by atoms with Crippen LogP contribution in [-0.2, 0) is 43.9 Å². The van der Waals surface area contributed by atoms with Gasteiger partial charge in [0.1, 0.15) is 12.4 Å². The minimum absolute atomic E-state index is 0.144. The SMILES string of the molecule is C=S(=O)(CCc1ccc(Cl)s1)N[C@H]1CCN([C@@H](Cc2ncn(C)n2)C(=O)N2CCOCC2)C1=O. The fourth-order valence-electron chi connectivity index (χ4n) is 4.17. The molecule has 2 aromatic rings. The molecule has 0 saturated carbocycles. The number of rotatable bonds is 9. The highest BCUT2D eigenvalue weighted by molar-refractivity contribution is 7.98. The van der Waals surface area contributed by atoms with Gasteiger partial charge >= 0.3 is 0 Å². The Bertz CT molecular complexity index is 1130. The lowest BCUT2D eigenvalue weighted by Crippen LogP contribution is -2.54. The number of halogens is 1. The Morgan fingerprint density at radius 3 is 2.79 bits per heavy atom. The monoisotopic (exact) mass is 528 g/mol. The molecule has 4 heterocycles. The summed E-state index contributed by atoms with van der Waals surface area (Å²) in [5, 5.41) is 4.30. The standard InChI is InChI=1S/C21H29ClN6O4S2/c1-26-14-23-19(24-26)13-17(21(30)27-8-10-32-11-9-27)28-7-5-16(20(28)29)25-34(2,31)12-6-15-3-4-18(22)33-15/h3-4,14,16-17H,2,5-13H2,1H3,(H,25,31)/t16-,17-,34?/m0/s1. The van der Waals surface area contributed by atoms with Gasteiger partial charge in [0, 0.05) is 53.4 Å². The number of hydrogen-bond acceptors (Lipinski definition) is 7. The molecule has 0 aliphatic carbocycles. The molecule has 2 saturated heterocycles. The first-order valence-electron chi connectivity index (χ1n) is 11.1. The van der Waals surface area contributed by atoms with Gasteiger partial charge in [0.05, 0.1) is 23.6 Å². The highest BCUT2D eigenvalue weighted by Crippen LogP contribution is 2.23. The third-order valence-corrected chi connectivity index (χ3v) is 8.78. The smallest absolute Gasteiger partial charge is 0.246 e. The maximum atomic E-state index is 13.4. The van der Waals surface area contributed by atoms with Crippen molar-refractivity contribution < 1.29 is 18.5 Å². The molecule has 3 atom stereocenters. The Balaban J connectivity index is 1.44. The second-order valence-electron chi connectivity index (χ2n) is 8.45. The van der Waals surface area contributed by atoms with Gasteiger partial charge in [-0.05, 0) is 30.8 Å². The minimum atomic E-state index is -2.71. The summed E-state index contributed by atoms with van der Waals surface area (Å²) in [7, 11) is -0.951. The molecule has 2 aromatic heterocycles. The van der Waals surface area contributed by atoms with Gasteiger partial charge in [0.2, 0.25) is 11.8 Å². The molecule has 2 amide bonds. The molecule has 2 aliphatic rings. The molecule has 4 rings (SSSR count). The quantitative estimate of drug-likeness (QED) is 0.471. The van der Waals surface area contributed by atoms with Crippen molar-refractivity contribution in [1.82, 2.24) is 29.3 Å². The summed E-state index contributed by atoms with van der Waals surface area (Å²) in [5.41, 5.74) is 0. The molecule has 0 aromatic carbocycles. The van der Waals surface area contributed by atoms with E-state index in [1.807, 2.05) is 6.07 Å². The number of hydrogen-bond donors (Lipinski definition) is 1. The Labute approximate surface area is 208 Å². The van der Waals surface area contributed by atoms with Crippen molar-refractivity contribution in [1.29, 1.82) is 0 Å². The van der Waals surface area contributed by atoms with E-state index in [1.165, 1.54) is 11.3 Å². The number of morpholine rings is 1. The molecule has 0 bridgehead atoms. The molecule has 1 unspecified atom stereocenters. The van der Waals surface area contributed by atoms with E-state index >= 15 is 0 Å². The number of thiophene rings is 1. The second kappa shape index (κ2) is 10.7. The predicted molar refractivity (Wildman–Crippen MR) is 132 cm³/mol. The number of likely N-dealkylation sites (tertiary alicyclic amines) is 1. The minimum Gasteiger partial charge on any atom is -0.378 e. The number of aromatic nitrogens is 3. The number of carbonyl (C=O) groups is 2. The van der Waals surface area contributed by atoms with Crippen LogP contribution in [0.2, 0.25) is 4.34 Å². The summed E-state index contributed by atoms with van der Waals surface area (Å²) in [5.74, 6) is 4.24. The molecular formula is C21H29ClN6O4S2. The number of carbonyl (C=O) groups excluding carboxylic acids is 2. The van der Waals surface area contributed by atoms with Crippen LogP contribution in [0.4, 0.5) is 0 Å². The van der Waals surface area contributed by atoms with Gasteiger partial charge in [-0.2, -0.15) is 5.10 Å². The van der Waals surface area contributed by atoms with Gasteiger partial charge in [0.15, 0.2) is 5.82 Å².